The summed E-state index contributed by atoms with van der Waals surface area (Å²) in [5.74, 6) is 0.728. The molecule has 3 aliphatic rings. The Kier molecular flexibility index (Phi) is 8.96. The van der Waals surface area contributed by atoms with Gasteiger partial charge in [-0.2, -0.15) is 0 Å². The molecule has 0 aromatic heterocycles. The van der Waals surface area contributed by atoms with Crippen molar-refractivity contribution in [3.05, 3.63) is 288 Å². The predicted octanol–water partition coefficient (Wildman–Crippen LogP) is 17.0. The first-order valence-corrected chi connectivity index (χ1v) is 23.2. The quantitative estimate of drug-likeness (QED) is 0.145. The van der Waals surface area contributed by atoms with Crippen molar-refractivity contribution in [2.45, 2.75) is 11.3 Å². The summed E-state index contributed by atoms with van der Waals surface area (Å²) in [4.78, 5) is 2.50. The summed E-state index contributed by atoms with van der Waals surface area (Å²) in [6, 6.07) is 83.6. The van der Waals surface area contributed by atoms with E-state index in [2.05, 4.69) is 266 Å². The molecule has 0 N–H and O–H groups in total. The van der Waals surface area contributed by atoms with Crippen LogP contribution >= 0.6 is 0 Å². The largest absolute Gasteiger partial charge is 0.310 e. The van der Waals surface area contributed by atoms with Crippen molar-refractivity contribution in [1.82, 2.24) is 0 Å². The minimum atomic E-state index is -0.517. The van der Waals surface area contributed by atoms with Gasteiger partial charge in [0.05, 0.1) is 11.1 Å². The summed E-state index contributed by atoms with van der Waals surface area (Å²) in [7, 11) is 0. The normalized spacial score (nSPS) is 16.1. The number of anilines is 3. The van der Waals surface area contributed by atoms with Crippen LogP contribution in [0.4, 0.5) is 17.1 Å². The molecule has 0 spiro atoms. The van der Waals surface area contributed by atoms with E-state index in [1.165, 1.54) is 88.3 Å². The van der Waals surface area contributed by atoms with E-state index in [9.17, 15) is 0 Å². The maximum atomic E-state index is 2.50. The van der Waals surface area contributed by atoms with E-state index in [0.29, 0.717) is 11.8 Å². The molecule has 66 heavy (non-hydrogen) atoms. The average Bonchev–Trinajstić information content (AvgIpc) is 3.71. The zero-order valence-electron chi connectivity index (χ0n) is 36.4. The van der Waals surface area contributed by atoms with Gasteiger partial charge in [-0.1, -0.05) is 218 Å². The van der Waals surface area contributed by atoms with Crippen LogP contribution in [0.1, 0.15) is 39.3 Å². The number of nitrogens with zero attached hydrogens (tertiary/aromatic N) is 1. The first-order chi connectivity index (χ1) is 32.7. The smallest absolute Gasteiger partial charge is 0.0714 e. The summed E-state index contributed by atoms with van der Waals surface area (Å²) in [5.41, 5.74) is 18.0. The molecule has 0 aliphatic heterocycles. The Hall–Kier alpha value is -8.26. The zero-order valence-corrected chi connectivity index (χ0v) is 36.4. The molecule has 0 saturated heterocycles. The standard InChI is InChI=1S/C65H45N/c1-3-20-50(21-4-1)65(51-22-5-2-6-23-51)61-30-14-13-29-58(61)64-62(65)31-16-32-63(64)66(52-39-37-46(38-40-52)60-43-49-18-8-10-26-55(49)56-27-11-12-28-57(56)60)53-24-15-19-47(41-53)48-36-35-45-34-33-44-17-7-9-25-54(44)59(45)42-48/h1-44,54H. The lowest BCUT2D eigenvalue weighted by Gasteiger charge is -2.34. The van der Waals surface area contributed by atoms with E-state index in [1.54, 1.807) is 0 Å². The Labute approximate surface area is 386 Å². The maximum Gasteiger partial charge on any atom is 0.0714 e. The molecule has 0 heterocycles. The summed E-state index contributed by atoms with van der Waals surface area (Å²) >= 11 is 0. The Morgan fingerprint density at radius 2 is 1.05 bits per heavy atom. The third-order valence-corrected chi connectivity index (χ3v) is 14.5. The van der Waals surface area contributed by atoms with Gasteiger partial charge in [0.15, 0.2) is 0 Å². The van der Waals surface area contributed by atoms with Gasteiger partial charge in [0.2, 0.25) is 0 Å². The second-order valence-corrected chi connectivity index (χ2v) is 17.9. The molecule has 0 radical (unpaired) electrons. The first-order valence-electron chi connectivity index (χ1n) is 23.2. The van der Waals surface area contributed by atoms with Gasteiger partial charge in [-0.3, -0.25) is 0 Å². The highest BCUT2D eigenvalue weighted by molar-refractivity contribution is 6.14. The highest BCUT2D eigenvalue weighted by Gasteiger charge is 2.47. The molecule has 1 heteroatoms. The minimum Gasteiger partial charge on any atom is -0.310 e. The number of benzene rings is 10. The van der Waals surface area contributed by atoms with Crippen molar-refractivity contribution >= 4 is 44.7 Å². The van der Waals surface area contributed by atoms with E-state index in [0.717, 1.165) is 17.1 Å². The van der Waals surface area contributed by atoms with Crippen LogP contribution in [0.3, 0.4) is 0 Å². The molecule has 10 aromatic carbocycles. The van der Waals surface area contributed by atoms with Crippen molar-refractivity contribution in [3.8, 4) is 33.4 Å². The van der Waals surface area contributed by atoms with Crippen molar-refractivity contribution in [2.24, 2.45) is 5.92 Å². The van der Waals surface area contributed by atoms with E-state index >= 15 is 0 Å². The van der Waals surface area contributed by atoms with Crippen LogP contribution in [-0.4, -0.2) is 0 Å². The van der Waals surface area contributed by atoms with Gasteiger partial charge in [0.1, 0.15) is 0 Å². The molecule has 0 amide bonds. The molecular formula is C65H45N. The van der Waals surface area contributed by atoms with E-state index < -0.39 is 5.41 Å². The molecule has 3 aliphatic carbocycles. The lowest BCUT2D eigenvalue weighted by Crippen LogP contribution is -2.28. The van der Waals surface area contributed by atoms with E-state index in [1.807, 2.05) is 0 Å². The van der Waals surface area contributed by atoms with E-state index in [-0.39, 0.29) is 0 Å². The van der Waals surface area contributed by atoms with Crippen LogP contribution in [0.5, 0.6) is 0 Å². The summed E-state index contributed by atoms with van der Waals surface area (Å²) in [5, 5.41) is 5.06. The van der Waals surface area contributed by atoms with E-state index in [4.69, 9.17) is 0 Å². The zero-order chi connectivity index (χ0) is 43.6. The van der Waals surface area contributed by atoms with Crippen molar-refractivity contribution in [3.63, 3.8) is 0 Å². The Morgan fingerprint density at radius 3 is 1.86 bits per heavy atom. The SMILES string of the molecule is C1=CC2C=Cc3ccc(-c4cccc(N(c5ccc(-c6cc7ccccc7c7ccccc67)cc5)c5cccc6c5-c5ccccc5C6(c5ccccc5)c5ccccc5)c4)cc3C2C=C1. The highest BCUT2D eigenvalue weighted by atomic mass is 15.1. The van der Waals surface area contributed by atoms with Crippen LogP contribution in [0, 0.1) is 5.92 Å². The van der Waals surface area contributed by atoms with Crippen molar-refractivity contribution in [2.75, 3.05) is 4.90 Å². The van der Waals surface area contributed by atoms with Gasteiger partial charge in [0, 0.05) is 28.8 Å². The van der Waals surface area contributed by atoms with Gasteiger partial charge in [-0.05, 0) is 125 Å². The van der Waals surface area contributed by atoms with Gasteiger partial charge >= 0.3 is 0 Å². The number of hydrogen-bond donors (Lipinski definition) is 0. The molecule has 310 valence electrons. The second kappa shape index (κ2) is 15.5. The Balaban J connectivity index is 1.03. The highest BCUT2D eigenvalue weighted by Crippen LogP contribution is 2.59. The third-order valence-electron chi connectivity index (χ3n) is 14.5. The van der Waals surface area contributed by atoms with Crippen LogP contribution < -0.4 is 4.90 Å². The molecule has 2 unspecified atom stereocenters. The van der Waals surface area contributed by atoms with Crippen molar-refractivity contribution < 1.29 is 0 Å². The molecule has 2 atom stereocenters. The minimum absolute atomic E-state index is 0.342. The molecule has 0 bridgehead atoms. The predicted molar refractivity (Wildman–Crippen MR) is 278 cm³/mol. The molecule has 0 saturated carbocycles. The van der Waals surface area contributed by atoms with Crippen LogP contribution in [0.15, 0.2) is 255 Å². The summed E-state index contributed by atoms with van der Waals surface area (Å²) in [6.45, 7) is 0. The van der Waals surface area contributed by atoms with Gasteiger partial charge < -0.3 is 4.90 Å². The third kappa shape index (κ3) is 5.94. The van der Waals surface area contributed by atoms with Crippen molar-refractivity contribution in [1.29, 1.82) is 0 Å². The van der Waals surface area contributed by atoms with Gasteiger partial charge in [0.25, 0.3) is 0 Å². The fourth-order valence-electron chi connectivity index (χ4n) is 11.5. The molecule has 13 rings (SSSR count). The number of rotatable bonds is 7. The van der Waals surface area contributed by atoms with Gasteiger partial charge in [-0.15, -0.1) is 0 Å². The topological polar surface area (TPSA) is 3.24 Å². The Morgan fingerprint density at radius 1 is 0.394 bits per heavy atom. The monoisotopic (exact) mass is 839 g/mol. The van der Waals surface area contributed by atoms with Crippen LogP contribution in [-0.2, 0) is 5.41 Å². The lowest BCUT2D eigenvalue weighted by molar-refractivity contribution is 0.692. The lowest BCUT2D eigenvalue weighted by atomic mass is 9.68. The van der Waals surface area contributed by atoms with Crippen LogP contribution in [0.2, 0.25) is 0 Å². The number of fused-ring (bicyclic) bond motifs is 9. The molecule has 10 aromatic rings. The second-order valence-electron chi connectivity index (χ2n) is 17.9. The average molecular weight is 840 g/mol. The summed E-state index contributed by atoms with van der Waals surface area (Å²) in [6.07, 6.45) is 13.7. The molecular weight excluding hydrogens is 795 g/mol. The Bertz CT molecular complexity index is 3550. The van der Waals surface area contributed by atoms with Crippen LogP contribution in [0.25, 0.3) is 61.0 Å². The number of allylic oxidation sites excluding steroid dienone is 5. The fraction of sp³-hybridized carbons (Fsp3) is 0.0462. The van der Waals surface area contributed by atoms with Gasteiger partial charge in [-0.25, -0.2) is 0 Å². The summed E-state index contributed by atoms with van der Waals surface area (Å²) < 4.78 is 0. The first kappa shape index (κ1) is 38.2. The number of hydrogen-bond acceptors (Lipinski definition) is 1. The molecule has 0 fully saturated rings. The fourth-order valence-corrected chi connectivity index (χ4v) is 11.5. The maximum absolute atomic E-state index is 2.50. The molecule has 1 nitrogen and oxygen atoms in total.